The fraction of sp³-hybridized carbons (Fsp3) is 0. The molecule has 0 saturated heterocycles. The smallest absolute Gasteiger partial charge is 0.504 e. The van der Waals surface area contributed by atoms with Crippen LogP contribution in [0.3, 0.4) is 0 Å². The average molecular weight is 426 g/mol. The van der Waals surface area contributed by atoms with E-state index < -0.39 is 6.30 Å². The first-order valence-electron chi connectivity index (χ1n) is 5.41. The van der Waals surface area contributed by atoms with E-state index >= 15 is 0 Å². The molecule has 0 radical (unpaired) electrons. The molecule has 0 aliphatic heterocycles. The topological polar surface area (TPSA) is 142 Å². The van der Waals surface area contributed by atoms with Crippen LogP contribution in [0.15, 0.2) is 48.5 Å². The molecule has 0 atom stereocenters. The van der Waals surface area contributed by atoms with Crippen molar-refractivity contribution in [2.24, 2.45) is 0 Å². The van der Waals surface area contributed by atoms with Crippen LogP contribution in [0.2, 0.25) is 0 Å². The SMILES string of the molecule is O[Si](O)(O)I.Oc1ccccc1O.Oc1ccccc1O. The van der Waals surface area contributed by atoms with Crippen LogP contribution >= 0.6 is 21.8 Å². The standard InChI is InChI=1S/2C6H6O2.H3IO3Si/c2*7-5-3-1-2-4-6(5)8;1-5(2,3)4/h2*1-4,7-8H;2-4H. The van der Waals surface area contributed by atoms with Crippen molar-refractivity contribution in [1.82, 2.24) is 0 Å². The minimum absolute atomic E-state index is 0.0764. The first kappa shape index (κ1) is 19.5. The van der Waals surface area contributed by atoms with Gasteiger partial charge in [-0.05, 0) is 46.1 Å². The molecule has 0 heterocycles. The first-order valence-corrected chi connectivity index (χ1v) is 10.4. The van der Waals surface area contributed by atoms with Gasteiger partial charge in [-0.1, -0.05) is 24.3 Å². The van der Waals surface area contributed by atoms with Crippen molar-refractivity contribution in [1.29, 1.82) is 0 Å². The Balaban J connectivity index is 0.000000296. The fourth-order valence-electron chi connectivity index (χ4n) is 0.928. The van der Waals surface area contributed by atoms with Crippen LogP contribution in [0.5, 0.6) is 23.0 Å². The predicted octanol–water partition coefficient (Wildman–Crippen LogP) is 1.03. The van der Waals surface area contributed by atoms with Crippen LogP contribution in [0, 0.1) is 0 Å². The summed E-state index contributed by atoms with van der Waals surface area (Å²) in [5, 5.41) is 34.7. The van der Waals surface area contributed by atoms with Crippen molar-refractivity contribution in [3.05, 3.63) is 48.5 Å². The Labute approximate surface area is 134 Å². The van der Waals surface area contributed by atoms with E-state index in [2.05, 4.69) is 0 Å². The maximum Gasteiger partial charge on any atom is 0.564 e. The van der Waals surface area contributed by atoms with E-state index in [0.717, 1.165) is 0 Å². The summed E-state index contributed by atoms with van der Waals surface area (Å²) in [7, 11) is 0. The Hall–Kier alpha value is -1.53. The van der Waals surface area contributed by atoms with Gasteiger partial charge in [0.15, 0.2) is 23.0 Å². The van der Waals surface area contributed by atoms with Gasteiger partial charge in [-0.25, -0.2) is 0 Å². The third kappa shape index (κ3) is 12.0. The Morgan fingerprint density at radius 2 is 0.714 bits per heavy atom. The van der Waals surface area contributed by atoms with Crippen molar-refractivity contribution < 1.29 is 34.8 Å². The molecule has 0 saturated carbocycles. The monoisotopic (exact) mass is 426 g/mol. The third-order valence-corrected chi connectivity index (χ3v) is 1.76. The minimum Gasteiger partial charge on any atom is -0.504 e. The number of hydrogen-bond acceptors (Lipinski definition) is 7. The Morgan fingerprint density at radius 1 is 0.571 bits per heavy atom. The zero-order chi connectivity index (χ0) is 16.5. The number of benzene rings is 2. The molecule has 0 aromatic heterocycles. The summed E-state index contributed by atoms with van der Waals surface area (Å²) in [6.07, 6.45) is -3.64. The summed E-state index contributed by atoms with van der Waals surface area (Å²) in [4.78, 5) is 23.3. The zero-order valence-electron chi connectivity index (χ0n) is 10.6. The number of phenolic OH excluding ortho intramolecular Hbond substituents is 4. The highest BCUT2D eigenvalue weighted by Gasteiger charge is 2.19. The third-order valence-electron chi connectivity index (χ3n) is 1.76. The maximum absolute atomic E-state index is 8.67. The van der Waals surface area contributed by atoms with Gasteiger partial charge in [0.2, 0.25) is 0 Å². The first-order chi connectivity index (χ1) is 9.61. The van der Waals surface area contributed by atoms with E-state index in [-0.39, 0.29) is 23.0 Å². The molecule has 0 bridgehead atoms. The van der Waals surface area contributed by atoms with Crippen LogP contribution < -0.4 is 0 Å². The van der Waals surface area contributed by atoms with E-state index in [1.165, 1.54) is 46.1 Å². The molecule has 21 heavy (non-hydrogen) atoms. The quantitative estimate of drug-likeness (QED) is 0.144. The van der Waals surface area contributed by atoms with Gasteiger partial charge in [0.1, 0.15) is 0 Å². The van der Waals surface area contributed by atoms with Gasteiger partial charge in [0.25, 0.3) is 0 Å². The summed E-state index contributed by atoms with van der Waals surface area (Å²) in [5.41, 5.74) is 0. The summed E-state index contributed by atoms with van der Waals surface area (Å²) in [5.74, 6) is -0.306. The molecule has 2 rings (SSSR count). The van der Waals surface area contributed by atoms with Gasteiger partial charge in [-0.2, -0.15) is 0 Å². The van der Waals surface area contributed by atoms with Crippen molar-refractivity contribution in [3.63, 3.8) is 0 Å². The second-order valence-electron chi connectivity index (χ2n) is 3.53. The molecule has 2 aromatic rings. The maximum atomic E-state index is 8.67. The molecule has 0 spiro atoms. The van der Waals surface area contributed by atoms with E-state index in [1.54, 1.807) is 24.3 Å². The van der Waals surface area contributed by atoms with Crippen LogP contribution in [-0.2, 0) is 0 Å². The summed E-state index contributed by atoms with van der Waals surface area (Å²) in [6.45, 7) is 0. The van der Waals surface area contributed by atoms with E-state index in [1.807, 2.05) is 0 Å². The number of para-hydroxylation sites is 4. The normalized spacial score (nSPS) is 9.71. The number of aromatic hydroxyl groups is 4. The number of hydrogen-bond donors (Lipinski definition) is 7. The number of rotatable bonds is 0. The van der Waals surface area contributed by atoms with Crippen molar-refractivity contribution >= 4 is 28.1 Å². The molecule has 0 aliphatic rings. The van der Waals surface area contributed by atoms with Crippen molar-refractivity contribution in [2.75, 3.05) is 0 Å². The van der Waals surface area contributed by atoms with Gasteiger partial charge in [-0.3, -0.25) is 0 Å². The fourth-order valence-corrected chi connectivity index (χ4v) is 0.928. The van der Waals surface area contributed by atoms with Gasteiger partial charge >= 0.3 is 6.30 Å². The number of halogens is 1. The average Bonchev–Trinajstić information content (AvgIpc) is 2.35. The van der Waals surface area contributed by atoms with E-state index in [0.29, 0.717) is 0 Å². The predicted molar refractivity (Wildman–Crippen MR) is 86.0 cm³/mol. The molecule has 0 fully saturated rings. The highest BCUT2D eigenvalue weighted by atomic mass is 127. The zero-order valence-corrected chi connectivity index (χ0v) is 13.8. The second kappa shape index (κ2) is 9.41. The molecule has 0 amide bonds. The second-order valence-corrected chi connectivity index (χ2v) is 8.98. The van der Waals surface area contributed by atoms with Crippen molar-refractivity contribution in [3.8, 4) is 23.0 Å². The van der Waals surface area contributed by atoms with Gasteiger partial charge in [-0.15, -0.1) is 0 Å². The summed E-state index contributed by atoms with van der Waals surface area (Å²) >= 11 is 1.18. The summed E-state index contributed by atoms with van der Waals surface area (Å²) in [6, 6.07) is 12.3. The lowest BCUT2D eigenvalue weighted by Crippen LogP contribution is -2.24. The largest absolute Gasteiger partial charge is 0.564 e. The highest BCUT2D eigenvalue weighted by molar-refractivity contribution is 14.1. The van der Waals surface area contributed by atoms with Crippen molar-refractivity contribution in [2.45, 2.75) is 0 Å². The van der Waals surface area contributed by atoms with Gasteiger partial charge < -0.3 is 34.8 Å². The molecule has 0 unspecified atom stereocenters. The molecule has 2 aromatic carbocycles. The molecule has 116 valence electrons. The van der Waals surface area contributed by atoms with Crippen LogP contribution in [0.25, 0.3) is 0 Å². The Bertz CT molecular complexity index is 454. The summed E-state index contributed by atoms with van der Waals surface area (Å²) < 4.78 is 0. The molecule has 0 aliphatic carbocycles. The Kier molecular flexibility index (Phi) is 8.72. The molecule has 7 N–H and O–H groups in total. The van der Waals surface area contributed by atoms with E-state index in [9.17, 15) is 0 Å². The molecule has 9 heteroatoms. The van der Waals surface area contributed by atoms with Crippen LogP contribution in [0.1, 0.15) is 0 Å². The minimum atomic E-state index is -3.64. The lowest BCUT2D eigenvalue weighted by molar-refractivity contribution is 0.271. The highest BCUT2D eigenvalue weighted by Crippen LogP contribution is 2.21. The van der Waals surface area contributed by atoms with Crippen LogP contribution in [-0.4, -0.2) is 41.1 Å². The molecular formula is C12H15IO7Si. The Morgan fingerprint density at radius 3 is 0.810 bits per heavy atom. The van der Waals surface area contributed by atoms with E-state index in [4.69, 9.17) is 34.8 Å². The van der Waals surface area contributed by atoms with Gasteiger partial charge in [0, 0.05) is 0 Å². The van der Waals surface area contributed by atoms with Crippen LogP contribution in [0.4, 0.5) is 0 Å². The molecule has 7 nitrogen and oxygen atoms in total. The lowest BCUT2D eigenvalue weighted by Gasteiger charge is -1.91. The lowest BCUT2D eigenvalue weighted by atomic mass is 10.3. The molecular weight excluding hydrogens is 411 g/mol. The van der Waals surface area contributed by atoms with Gasteiger partial charge in [0.05, 0.1) is 0 Å². The number of phenols is 4.